The molecule has 22 heavy (non-hydrogen) atoms. The SMILES string of the molecule is OC1(C(F)(F)F)[C@H]2CCCC[C@H]1CN(Cc1ccccc1)C2. The number of aliphatic hydroxyl groups is 1. The number of likely N-dealkylation sites (tertiary alicyclic amines) is 1. The molecule has 1 saturated carbocycles. The van der Waals surface area contributed by atoms with Crippen LogP contribution in [0.4, 0.5) is 13.2 Å². The molecule has 1 aliphatic heterocycles. The van der Waals surface area contributed by atoms with Gasteiger partial charge in [0.25, 0.3) is 0 Å². The molecule has 2 nitrogen and oxygen atoms in total. The molecule has 0 spiro atoms. The summed E-state index contributed by atoms with van der Waals surface area (Å²) < 4.78 is 40.5. The van der Waals surface area contributed by atoms with Crippen molar-refractivity contribution < 1.29 is 18.3 Å². The van der Waals surface area contributed by atoms with Crippen LogP contribution in [0.15, 0.2) is 30.3 Å². The fourth-order valence-corrected chi connectivity index (χ4v) is 4.15. The Hall–Kier alpha value is -1.07. The molecule has 1 aromatic rings. The normalized spacial score (nSPS) is 33.5. The van der Waals surface area contributed by atoms with Gasteiger partial charge in [-0.3, -0.25) is 4.90 Å². The van der Waals surface area contributed by atoms with Gasteiger partial charge >= 0.3 is 6.18 Å². The van der Waals surface area contributed by atoms with E-state index >= 15 is 0 Å². The summed E-state index contributed by atoms with van der Waals surface area (Å²) in [7, 11) is 0. The van der Waals surface area contributed by atoms with Crippen molar-refractivity contribution >= 4 is 0 Å². The number of benzene rings is 1. The molecular weight excluding hydrogens is 291 g/mol. The first-order valence-electron chi connectivity index (χ1n) is 7.96. The van der Waals surface area contributed by atoms with E-state index in [0.29, 0.717) is 32.5 Å². The van der Waals surface area contributed by atoms with E-state index in [0.717, 1.165) is 18.4 Å². The third-order valence-electron chi connectivity index (χ3n) is 5.26. The molecule has 2 bridgehead atoms. The van der Waals surface area contributed by atoms with Crippen molar-refractivity contribution in [3.05, 3.63) is 35.9 Å². The number of hydrogen-bond donors (Lipinski definition) is 1. The fourth-order valence-electron chi connectivity index (χ4n) is 4.15. The van der Waals surface area contributed by atoms with E-state index in [4.69, 9.17) is 0 Å². The zero-order valence-corrected chi connectivity index (χ0v) is 12.5. The predicted molar refractivity (Wildman–Crippen MR) is 78.2 cm³/mol. The van der Waals surface area contributed by atoms with Crippen LogP contribution >= 0.6 is 0 Å². The van der Waals surface area contributed by atoms with Crippen LogP contribution in [0.2, 0.25) is 0 Å². The van der Waals surface area contributed by atoms with E-state index in [1.165, 1.54) is 0 Å². The molecule has 0 unspecified atom stereocenters. The largest absolute Gasteiger partial charge is 0.417 e. The second kappa shape index (κ2) is 5.85. The number of alkyl halides is 3. The highest BCUT2D eigenvalue weighted by Gasteiger charge is 2.64. The van der Waals surface area contributed by atoms with Gasteiger partial charge in [-0.1, -0.05) is 43.2 Å². The molecule has 1 saturated heterocycles. The van der Waals surface area contributed by atoms with E-state index in [9.17, 15) is 18.3 Å². The number of rotatable bonds is 2. The highest BCUT2D eigenvalue weighted by atomic mass is 19.4. The molecule has 3 rings (SSSR count). The Morgan fingerprint density at radius 2 is 1.59 bits per heavy atom. The molecule has 5 heteroatoms. The van der Waals surface area contributed by atoms with Gasteiger partial charge in [-0.15, -0.1) is 0 Å². The second-order valence-corrected chi connectivity index (χ2v) is 6.68. The van der Waals surface area contributed by atoms with Crippen molar-refractivity contribution in [2.75, 3.05) is 13.1 Å². The fraction of sp³-hybridized carbons (Fsp3) is 0.647. The first kappa shape index (κ1) is 15.8. The Morgan fingerprint density at radius 1 is 1.05 bits per heavy atom. The van der Waals surface area contributed by atoms with Crippen molar-refractivity contribution in [2.45, 2.75) is 44.0 Å². The van der Waals surface area contributed by atoms with Gasteiger partial charge in [0.2, 0.25) is 0 Å². The monoisotopic (exact) mass is 313 g/mol. The quantitative estimate of drug-likeness (QED) is 0.902. The Bertz CT molecular complexity index is 486. The van der Waals surface area contributed by atoms with Gasteiger partial charge < -0.3 is 5.11 Å². The number of fused-ring (bicyclic) bond motifs is 2. The number of piperidine rings is 1. The maximum Gasteiger partial charge on any atom is 0.417 e. The lowest BCUT2D eigenvalue weighted by molar-refractivity contribution is -0.311. The van der Waals surface area contributed by atoms with Crippen molar-refractivity contribution in [3.63, 3.8) is 0 Å². The van der Waals surface area contributed by atoms with Crippen molar-refractivity contribution in [1.82, 2.24) is 4.90 Å². The molecule has 1 N–H and O–H groups in total. The molecule has 1 heterocycles. The second-order valence-electron chi connectivity index (χ2n) is 6.68. The lowest BCUT2D eigenvalue weighted by Crippen LogP contribution is -2.64. The Kier molecular flexibility index (Phi) is 4.21. The van der Waals surface area contributed by atoms with Gasteiger partial charge in [0.15, 0.2) is 5.60 Å². The van der Waals surface area contributed by atoms with E-state index < -0.39 is 23.6 Å². The molecule has 0 amide bonds. The summed E-state index contributed by atoms with van der Waals surface area (Å²) in [5.74, 6) is -1.42. The summed E-state index contributed by atoms with van der Waals surface area (Å²) in [6, 6.07) is 9.81. The highest BCUT2D eigenvalue weighted by molar-refractivity contribution is 5.15. The van der Waals surface area contributed by atoms with Crippen molar-refractivity contribution in [1.29, 1.82) is 0 Å². The number of hydrogen-bond acceptors (Lipinski definition) is 2. The Labute approximate surface area is 128 Å². The standard InChI is InChI=1S/C17H22F3NO/c18-17(19,20)16(22)14-8-4-5-9-15(16)12-21(11-14)10-13-6-2-1-3-7-13/h1-3,6-7,14-15,22H,4-5,8-12H2/t14-,15-/m0/s1. The zero-order valence-electron chi connectivity index (χ0n) is 12.5. The Morgan fingerprint density at radius 3 is 2.09 bits per heavy atom. The van der Waals surface area contributed by atoms with E-state index in [2.05, 4.69) is 4.90 Å². The molecule has 2 fully saturated rings. The van der Waals surface area contributed by atoms with Crippen LogP contribution in [0.3, 0.4) is 0 Å². The predicted octanol–water partition coefficient (Wildman–Crippen LogP) is 3.60. The minimum atomic E-state index is -4.54. The van der Waals surface area contributed by atoms with Gasteiger partial charge in [-0.25, -0.2) is 0 Å². The third kappa shape index (κ3) is 2.76. The van der Waals surface area contributed by atoms with Gasteiger partial charge in [-0.2, -0.15) is 13.2 Å². The van der Waals surface area contributed by atoms with Crippen LogP contribution in [0, 0.1) is 11.8 Å². The summed E-state index contributed by atoms with van der Waals surface area (Å²) in [6.07, 6.45) is -2.07. The first-order chi connectivity index (χ1) is 10.4. The average molecular weight is 313 g/mol. The third-order valence-corrected chi connectivity index (χ3v) is 5.26. The molecule has 122 valence electrons. The highest BCUT2D eigenvalue weighted by Crippen LogP contribution is 2.50. The molecule has 1 aliphatic carbocycles. The topological polar surface area (TPSA) is 23.5 Å². The number of halogens is 3. The summed E-state index contributed by atoms with van der Waals surface area (Å²) in [5, 5.41) is 10.5. The molecule has 1 aromatic carbocycles. The van der Waals surface area contributed by atoms with Crippen LogP contribution < -0.4 is 0 Å². The van der Waals surface area contributed by atoms with Crippen LogP contribution in [-0.4, -0.2) is 34.9 Å². The summed E-state index contributed by atoms with van der Waals surface area (Å²) in [4.78, 5) is 2.08. The van der Waals surface area contributed by atoms with E-state index in [1.54, 1.807) is 0 Å². The number of nitrogens with zero attached hydrogens (tertiary/aromatic N) is 1. The molecule has 0 aromatic heterocycles. The minimum absolute atomic E-state index is 0.321. The van der Waals surface area contributed by atoms with Gasteiger partial charge in [0, 0.05) is 31.5 Å². The molecule has 0 radical (unpaired) electrons. The summed E-state index contributed by atoms with van der Waals surface area (Å²) in [6.45, 7) is 1.30. The minimum Gasteiger partial charge on any atom is -0.380 e. The van der Waals surface area contributed by atoms with E-state index in [1.807, 2.05) is 30.3 Å². The zero-order chi connectivity index (χ0) is 15.8. The van der Waals surface area contributed by atoms with E-state index in [-0.39, 0.29) is 0 Å². The van der Waals surface area contributed by atoms with Gasteiger partial charge in [0.1, 0.15) is 0 Å². The van der Waals surface area contributed by atoms with Crippen LogP contribution in [-0.2, 0) is 6.54 Å². The maximum absolute atomic E-state index is 13.5. The first-order valence-corrected chi connectivity index (χ1v) is 7.96. The summed E-state index contributed by atoms with van der Waals surface area (Å²) >= 11 is 0. The van der Waals surface area contributed by atoms with Crippen molar-refractivity contribution in [3.8, 4) is 0 Å². The smallest absolute Gasteiger partial charge is 0.380 e. The van der Waals surface area contributed by atoms with Gasteiger partial charge in [-0.05, 0) is 18.4 Å². The Balaban J connectivity index is 1.81. The lowest BCUT2D eigenvalue weighted by atomic mass is 9.72. The molecule has 2 aliphatic rings. The lowest BCUT2D eigenvalue weighted by Gasteiger charge is -2.49. The maximum atomic E-state index is 13.5. The molecular formula is C17H22F3NO. The average Bonchev–Trinajstić information content (AvgIpc) is 2.56. The van der Waals surface area contributed by atoms with Crippen LogP contribution in [0.25, 0.3) is 0 Å². The molecule has 2 atom stereocenters. The van der Waals surface area contributed by atoms with Gasteiger partial charge in [0.05, 0.1) is 0 Å². The summed E-state index contributed by atoms with van der Waals surface area (Å²) in [5.41, 5.74) is -1.40. The van der Waals surface area contributed by atoms with Crippen molar-refractivity contribution in [2.24, 2.45) is 11.8 Å². The van der Waals surface area contributed by atoms with Crippen LogP contribution in [0.5, 0.6) is 0 Å². The van der Waals surface area contributed by atoms with Crippen LogP contribution in [0.1, 0.15) is 31.2 Å².